The van der Waals surface area contributed by atoms with Crippen LogP contribution in [0.2, 0.25) is 5.02 Å². The highest BCUT2D eigenvalue weighted by Crippen LogP contribution is 2.32. The first kappa shape index (κ1) is 12.1. The van der Waals surface area contributed by atoms with Crippen LogP contribution >= 0.6 is 11.6 Å². The Morgan fingerprint density at radius 3 is 2.95 bits per heavy atom. The number of benzene rings is 1. The van der Waals surface area contributed by atoms with Crippen LogP contribution < -0.4 is 5.32 Å². The number of hydrogen-bond donors (Lipinski definition) is 1. The summed E-state index contributed by atoms with van der Waals surface area (Å²) in [5, 5.41) is 5.18. The van der Waals surface area contributed by atoms with E-state index in [1.54, 1.807) is 6.26 Å². The van der Waals surface area contributed by atoms with Crippen LogP contribution in [0.1, 0.15) is 18.6 Å². The molecule has 3 aromatic rings. The molecule has 0 saturated heterocycles. The second-order valence-corrected chi connectivity index (χ2v) is 5.64. The summed E-state index contributed by atoms with van der Waals surface area (Å²) in [5.74, 6) is 1.74. The predicted molar refractivity (Wildman–Crippen MR) is 78.8 cm³/mol. The molecule has 0 bridgehead atoms. The molecule has 20 heavy (non-hydrogen) atoms. The molecule has 1 aromatic carbocycles. The average Bonchev–Trinajstić information content (AvgIpc) is 2.99. The molecule has 102 valence electrons. The lowest BCUT2D eigenvalue weighted by molar-refractivity contribution is 0.481. The van der Waals surface area contributed by atoms with Crippen molar-refractivity contribution >= 4 is 22.6 Å². The Kier molecular flexibility index (Phi) is 2.83. The number of fused-ring (bicyclic) bond motifs is 1. The van der Waals surface area contributed by atoms with Gasteiger partial charge in [0.2, 0.25) is 0 Å². The minimum Gasteiger partial charge on any atom is -0.467 e. The number of furan rings is 2. The Hall–Kier alpha value is -1.71. The van der Waals surface area contributed by atoms with Gasteiger partial charge in [-0.15, -0.1) is 0 Å². The Morgan fingerprint density at radius 2 is 2.10 bits per heavy atom. The van der Waals surface area contributed by atoms with E-state index >= 15 is 0 Å². The fourth-order valence-corrected chi connectivity index (χ4v) is 2.55. The Balaban J connectivity index is 1.69. The van der Waals surface area contributed by atoms with E-state index in [4.69, 9.17) is 20.4 Å². The fourth-order valence-electron chi connectivity index (χ4n) is 2.37. The lowest BCUT2D eigenvalue weighted by atomic mass is 10.1. The zero-order valence-electron chi connectivity index (χ0n) is 10.9. The van der Waals surface area contributed by atoms with E-state index in [0.29, 0.717) is 11.1 Å². The maximum Gasteiger partial charge on any atom is 0.138 e. The van der Waals surface area contributed by atoms with E-state index in [2.05, 4.69) is 5.32 Å². The number of halogens is 1. The summed E-state index contributed by atoms with van der Waals surface area (Å²) >= 11 is 6.01. The van der Waals surface area contributed by atoms with E-state index < -0.39 is 0 Å². The van der Waals surface area contributed by atoms with Crippen molar-refractivity contribution in [3.63, 3.8) is 0 Å². The Labute approximate surface area is 121 Å². The summed E-state index contributed by atoms with van der Waals surface area (Å²) in [7, 11) is 0. The third-order valence-corrected chi connectivity index (χ3v) is 3.85. The summed E-state index contributed by atoms with van der Waals surface area (Å²) < 4.78 is 11.5. The standard InChI is InChI=1S/C16H14ClNO2/c17-11-1-4-14-10(7-11)8-15(20-14)13-5-6-19-16(13)9-18-12-2-3-12/h1,4-8,12,18H,2-3,9H2. The molecule has 1 aliphatic rings. The normalized spacial score (nSPS) is 15.1. The monoisotopic (exact) mass is 287 g/mol. The van der Waals surface area contributed by atoms with Crippen molar-refractivity contribution < 1.29 is 8.83 Å². The molecule has 0 spiro atoms. The molecule has 4 heteroatoms. The van der Waals surface area contributed by atoms with Gasteiger partial charge >= 0.3 is 0 Å². The minimum absolute atomic E-state index is 0.655. The summed E-state index contributed by atoms with van der Waals surface area (Å²) in [5.41, 5.74) is 1.84. The second kappa shape index (κ2) is 4.69. The largest absolute Gasteiger partial charge is 0.467 e. The number of rotatable bonds is 4. The molecule has 1 aliphatic carbocycles. The molecule has 0 aliphatic heterocycles. The van der Waals surface area contributed by atoms with Crippen molar-refractivity contribution in [1.82, 2.24) is 5.32 Å². The highest BCUT2D eigenvalue weighted by atomic mass is 35.5. The highest BCUT2D eigenvalue weighted by Gasteiger charge is 2.22. The first-order chi connectivity index (χ1) is 9.79. The zero-order valence-corrected chi connectivity index (χ0v) is 11.6. The molecule has 1 saturated carbocycles. The second-order valence-electron chi connectivity index (χ2n) is 5.21. The van der Waals surface area contributed by atoms with E-state index in [1.165, 1.54) is 12.8 Å². The first-order valence-corrected chi connectivity index (χ1v) is 7.16. The van der Waals surface area contributed by atoms with Crippen molar-refractivity contribution in [1.29, 1.82) is 0 Å². The SMILES string of the molecule is Clc1ccc2oc(-c3ccoc3CNC3CC3)cc2c1. The van der Waals surface area contributed by atoms with Gasteiger partial charge in [0.05, 0.1) is 18.4 Å². The molecule has 0 unspecified atom stereocenters. The van der Waals surface area contributed by atoms with Crippen molar-refractivity contribution in [3.05, 3.63) is 47.4 Å². The lowest BCUT2D eigenvalue weighted by Gasteiger charge is -2.01. The van der Waals surface area contributed by atoms with Gasteiger partial charge in [0.15, 0.2) is 0 Å². The molecule has 0 amide bonds. The third-order valence-electron chi connectivity index (χ3n) is 3.62. The van der Waals surface area contributed by atoms with Gasteiger partial charge < -0.3 is 14.2 Å². The van der Waals surface area contributed by atoms with Crippen LogP contribution in [-0.2, 0) is 6.54 Å². The minimum atomic E-state index is 0.655. The van der Waals surface area contributed by atoms with Crippen LogP contribution in [-0.4, -0.2) is 6.04 Å². The van der Waals surface area contributed by atoms with E-state index in [1.807, 2.05) is 30.3 Å². The quantitative estimate of drug-likeness (QED) is 0.762. The van der Waals surface area contributed by atoms with Crippen LogP contribution in [0, 0.1) is 0 Å². The molecule has 0 radical (unpaired) electrons. The van der Waals surface area contributed by atoms with Crippen molar-refractivity contribution in [2.45, 2.75) is 25.4 Å². The Bertz CT molecular complexity index is 755. The van der Waals surface area contributed by atoms with E-state index in [-0.39, 0.29) is 0 Å². The number of hydrogen-bond acceptors (Lipinski definition) is 3. The van der Waals surface area contributed by atoms with Crippen LogP contribution in [0.15, 0.2) is 45.4 Å². The molecule has 3 nitrogen and oxygen atoms in total. The maximum absolute atomic E-state index is 6.01. The van der Waals surface area contributed by atoms with Gasteiger partial charge in [-0.1, -0.05) is 11.6 Å². The van der Waals surface area contributed by atoms with Crippen molar-refractivity contribution in [3.8, 4) is 11.3 Å². The van der Waals surface area contributed by atoms with Gasteiger partial charge in [0.25, 0.3) is 0 Å². The van der Waals surface area contributed by atoms with Gasteiger partial charge in [-0.2, -0.15) is 0 Å². The predicted octanol–water partition coefficient (Wildman–Crippen LogP) is 4.60. The lowest BCUT2D eigenvalue weighted by Crippen LogP contribution is -2.15. The average molecular weight is 288 g/mol. The third kappa shape index (κ3) is 2.23. The van der Waals surface area contributed by atoms with Crippen molar-refractivity contribution in [2.75, 3.05) is 0 Å². The van der Waals surface area contributed by atoms with Crippen LogP contribution in [0.5, 0.6) is 0 Å². The topological polar surface area (TPSA) is 38.3 Å². The molecular weight excluding hydrogens is 274 g/mol. The highest BCUT2D eigenvalue weighted by molar-refractivity contribution is 6.31. The van der Waals surface area contributed by atoms with Crippen molar-refractivity contribution in [2.24, 2.45) is 0 Å². The Morgan fingerprint density at radius 1 is 1.20 bits per heavy atom. The van der Waals surface area contributed by atoms with Gasteiger partial charge in [-0.3, -0.25) is 0 Å². The van der Waals surface area contributed by atoms with Gasteiger partial charge in [0, 0.05) is 16.5 Å². The van der Waals surface area contributed by atoms with Gasteiger partial charge in [-0.05, 0) is 43.2 Å². The molecule has 1 N–H and O–H groups in total. The van der Waals surface area contributed by atoms with E-state index in [9.17, 15) is 0 Å². The molecule has 2 aromatic heterocycles. The molecule has 4 rings (SSSR count). The first-order valence-electron chi connectivity index (χ1n) is 6.79. The van der Waals surface area contributed by atoms with E-state index in [0.717, 1.165) is 34.6 Å². The number of nitrogens with one attached hydrogen (secondary N) is 1. The summed E-state index contributed by atoms with van der Waals surface area (Å²) in [6.07, 6.45) is 4.23. The van der Waals surface area contributed by atoms with Gasteiger partial charge in [0.1, 0.15) is 17.1 Å². The summed E-state index contributed by atoms with van der Waals surface area (Å²) in [6, 6.07) is 10.2. The maximum atomic E-state index is 6.01. The molecular formula is C16H14ClNO2. The smallest absolute Gasteiger partial charge is 0.138 e. The van der Waals surface area contributed by atoms with Crippen LogP contribution in [0.25, 0.3) is 22.3 Å². The fraction of sp³-hybridized carbons (Fsp3) is 0.250. The van der Waals surface area contributed by atoms with Crippen LogP contribution in [0.3, 0.4) is 0 Å². The molecule has 2 heterocycles. The zero-order chi connectivity index (χ0) is 13.5. The summed E-state index contributed by atoms with van der Waals surface area (Å²) in [4.78, 5) is 0. The van der Waals surface area contributed by atoms with Gasteiger partial charge in [-0.25, -0.2) is 0 Å². The summed E-state index contributed by atoms with van der Waals surface area (Å²) in [6.45, 7) is 0.741. The molecule has 0 atom stereocenters. The molecule has 1 fully saturated rings. The van der Waals surface area contributed by atoms with Crippen LogP contribution in [0.4, 0.5) is 0 Å².